The number of amides is 2. The number of guanidine groups is 1. The SMILES string of the molecule is NC(N)=NCCCCCCc1ccc2c(c1)C(=O)N(CCC(=O)O)CC(=O)N2Cc1ccc2ccccc2c1. The van der Waals surface area contributed by atoms with Crippen LogP contribution in [-0.2, 0) is 22.6 Å². The van der Waals surface area contributed by atoms with Crippen LogP contribution in [0.5, 0.6) is 0 Å². The molecule has 0 saturated heterocycles. The quantitative estimate of drug-likeness (QED) is 0.186. The summed E-state index contributed by atoms with van der Waals surface area (Å²) in [6.45, 7) is 0.734. The molecule has 9 nitrogen and oxygen atoms in total. The van der Waals surface area contributed by atoms with E-state index in [2.05, 4.69) is 11.1 Å². The lowest BCUT2D eigenvalue weighted by Gasteiger charge is -2.23. The normalized spacial score (nSPS) is 13.3. The third-order valence-electron chi connectivity index (χ3n) is 6.91. The number of anilines is 1. The summed E-state index contributed by atoms with van der Waals surface area (Å²) in [4.78, 5) is 45.2. The summed E-state index contributed by atoms with van der Waals surface area (Å²) in [7, 11) is 0. The van der Waals surface area contributed by atoms with E-state index in [-0.39, 0.29) is 37.3 Å². The Bertz CT molecular complexity index is 1380. The number of hydrogen-bond acceptors (Lipinski definition) is 4. The van der Waals surface area contributed by atoms with E-state index in [9.17, 15) is 19.5 Å². The molecule has 0 atom stereocenters. The van der Waals surface area contributed by atoms with Gasteiger partial charge in [-0.1, -0.05) is 55.3 Å². The zero-order chi connectivity index (χ0) is 27.8. The molecule has 0 unspecified atom stereocenters. The van der Waals surface area contributed by atoms with Gasteiger partial charge in [-0.2, -0.15) is 0 Å². The lowest BCUT2D eigenvalue weighted by Crippen LogP contribution is -2.40. The van der Waals surface area contributed by atoms with Crippen LogP contribution in [0.3, 0.4) is 0 Å². The van der Waals surface area contributed by atoms with Crippen molar-refractivity contribution in [3.8, 4) is 0 Å². The highest BCUT2D eigenvalue weighted by atomic mass is 16.4. The molecule has 2 amide bonds. The van der Waals surface area contributed by atoms with Gasteiger partial charge in [-0.05, 0) is 59.4 Å². The summed E-state index contributed by atoms with van der Waals surface area (Å²) < 4.78 is 0. The first-order valence-electron chi connectivity index (χ1n) is 13.3. The van der Waals surface area contributed by atoms with Gasteiger partial charge in [0.15, 0.2) is 5.96 Å². The van der Waals surface area contributed by atoms with Crippen molar-refractivity contribution in [2.75, 3.05) is 24.5 Å². The fourth-order valence-corrected chi connectivity index (χ4v) is 4.88. The number of aryl methyl sites for hydroxylation is 1. The van der Waals surface area contributed by atoms with Crippen LogP contribution in [0, 0.1) is 0 Å². The van der Waals surface area contributed by atoms with Crippen molar-refractivity contribution in [1.82, 2.24) is 4.90 Å². The maximum atomic E-state index is 13.5. The second kappa shape index (κ2) is 12.9. The topological polar surface area (TPSA) is 142 Å². The van der Waals surface area contributed by atoms with Gasteiger partial charge >= 0.3 is 5.97 Å². The van der Waals surface area contributed by atoms with Gasteiger partial charge in [0.25, 0.3) is 5.91 Å². The van der Waals surface area contributed by atoms with Gasteiger partial charge in [0, 0.05) is 13.1 Å². The molecule has 0 aromatic heterocycles. The first-order chi connectivity index (χ1) is 18.8. The smallest absolute Gasteiger partial charge is 0.305 e. The van der Waals surface area contributed by atoms with Crippen molar-refractivity contribution in [3.63, 3.8) is 0 Å². The molecule has 4 rings (SSSR count). The Kier molecular flexibility index (Phi) is 9.14. The molecule has 5 N–H and O–H groups in total. The molecule has 0 bridgehead atoms. The Morgan fingerprint density at radius 3 is 2.41 bits per heavy atom. The van der Waals surface area contributed by atoms with Gasteiger partial charge < -0.3 is 26.4 Å². The number of nitrogens with two attached hydrogens (primary N) is 2. The Hall–Kier alpha value is -4.40. The van der Waals surface area contributed by atoms with E-state index in [1.807, 2.05) is 54.6 Å². The molecule has 1 aliphatic heterocycles. The largest absolute Gasteiger partial charge is 0.481 e. The van der Waals surface area contributed by atoms with Crippen LogP contribution in [0.25, 0.3) is 10.8 Å². The number of aliphatic imine (C=N–C) groups is 1. The molecular formula is C30H35N5O4. The molecule has 204 valence electrons. The van der Waals surface area contributed by atoms with Crippen molar-refractivity contribution < 1.29 is 19.5 Å². The van der Waals surface area contributed by atoms with E-state index in [1.165, 1.54) is 4.90 Å². The number of carbonyl (C=O) groups excluding carboxylic acids is 2. The van der Waals surface area contributed by atoms with Crippen molar-refractivity contribution >= 4 is 40.2 Å². The van der Waals surface area contributed by atoms with Gasteiger partial charge in [-0.3, -0.25) is 19.4 Å². The number of carboxylic acids is 1. The van der Waals surface area contributed by atoms with E-state index >= 15 is 0 Å². The van der Waals surface area contributed by atoms with E-state index in [0.717, 1.165) is 54.0 Å². The molecule has 0 saturated carbocycles. The standard InChI is InChI=1S/C30H35N5O4/c31-30(32)33-15-6-2-1-3-7-21-11-13-26-25(18-21)29(39)34(16-14-28(37)38)20-27(36)35(26)19-22-10-12-23-8-4-5-9-24(23)17-22/h4-5,8-13,17-18H,1-3,6-7,14-16,19-20H2,(H,37,38)(H4,31,32,33). The van der Waals surface area contributed by atoms with Gasteiger partial charge in [0.2, 0.25) is 5.91 Å². The number of benzene rings is 3. The number of hydrogen-bond donors (Lipinski definition) is 3. The summed E-state index contributed by atoms with van der Waals surface area (Å²) in [5, 5.41) is 11.4. The predicted molar refractivity (Wildman–Crippen MR) is 153 cm³/mol. The minimum atomic E-state index is -1.01. The Morgan fingerprint density at radius 2 is 1.64 bits per heavy atom. The van der Waals surface area contributed by atoms with E-state index in [1.54, 1.807) is 4.90 Å². The lowest BCUT2D eigenvalue weighted by molar-refractivity contribution is -0.137. The highest BCUT2D eigenvalue weighted by Gasteiger charge is 2.32. The molecule has 0 fully saturated rings. The van der Waals surface area contributed by atoms with Gasteiger partial charge in [-0.15, -0.1) is 0 Å². The van der Waals surface area contributed by atoms with Crippen molar-refractivity contribution in [2.45, 2.75) is 45.1 Å². The van der Waals surface area contributed by atoms with Crippen LogP contribution in [0.1, 0.15) is 53.6 Å². The number of nitrogens with zero attached hydrogens (tertiary/aromatic N) is 3. The van der Waals surface area contributed by atoms with Gasteiger partial charge in [-0.25, -0.2) is 0 Å². The summed E-state index contributed by atoms with van der Waals surface area (Å²) in [5.74, 6) is -1.47. The van der Waals surface area contributed by atoms with Crippen LogP contribution >= 0.6 is 0 Å². The summed E-state index contributed by atoms with van der Waals surface area (Å²) in [5.41, 5.74) is 13.6. The monoisotopic (exact) mass is 529 g/mol. The Balaban J connectivity index is 1.55. The molecule has 1 aliphatic rings. The number of carboxylic acid groups (broad SMARTS) is 1. The third-order valence-corrected chi connectivity index (χ3v) is 6.91. The van der Waals surface area contributed by atoms with Crippen LogP contribution in [-0.4, -0.2) is 53.4 Å². The first-order valence-corrected chi connectivity index (χ1v) is 13.3. The van der Waals surface area contributed by atoms with Gasteiger partial charge in [0.05, 0.1) is 24.2 Å². The maximum absolute atomic E-state index is 13.5. The molecule has 9 heteroatoms. The summed E-state index contributed by atoms with van der Waals surface area (Å²) in [6, 6.07) is 19.8. The average Bonchev–Trinajstić information content (AvgIpc) is 3.01. The zero-order valence-corrected chi connectivity index (χ0v) is 22.0. The van der Waals surface area contributed by atoms with E-state index < -0.39 is 5.97 Å². The average molecular weight is 530 g/mol. The fraction of sp³-hybridized carbons (Fsp3) is 0.333. The highest BCUT2D eigenvalue weighted by Crippen LogP contribution is 2.30. The van der Waals surface area contributed by atoms with E-state index in [4.69, 9.17) is 11.5 Å². The minimum Gasteiger partial charge on any atom is -0.481 e. The molecule has 39 heavy (non-hydrogen) atoms. The number of rotatable bonds is 12. The predicted octanol–water partition coefficient (Wildman–Crippen LogP) is 3.68. The number of unbranched alkanes of at least 4 members (excludes halogenated alkanes) is 3. The molecule has 0 spiro atoms. The number of fused-ring (bicyclic) bond motifs is 2. The van der Waals surface area contributed by atoms with Crippen LogP contribution in [0.2, 0.25) is 0 Å². The number of carbonyl (C=O) groups is 3. The highest BCUT2D eigenvalue weighted by molar-refractivity contribution is 6.09. The van der Waals surface area contributed by atoms with Crippen molar-refractivity contribution in [3.05, 3.63) is 77.4 Å². The van der Waals surface area contributed by atoms with Crippen molar-refractivity contribution in [2.24, 2.45) is 16.5 Å². The Labute approximate surface area is 228 Å². The first kappa shape index (κ1) is 27.6. The van der Waals surface area contributed by atoms with Gasteiger partial charge in [0.1, 0.15) is 6.54 Å². The Morgan fingerprint density at radius 1 is 0.897 bits per heavy atom. The second-order valence-electron chi connectivity index (χ2n) is 9.85. The zero-order valence-electron chi connectivity index (χ0n) is 22.0. The van der Waals surface area contributed by atoms with Crippen LogP contribution in [0.15, 0.2) is 65.7 Å². The molecular weight excluding hydrogens is 494 g/mol. The van der Waals surface area contributed by atoms with Crippen molar-refractivity contribution in [1.29, 1.82) is 0 Å². The third kappa shape index (κ3) is 7.34. The van der Waals surface area contributed by atoms with Crippen LogP contribution < -0.4 is 16.4 Å². The maximum Gasteiger partial charge on any atom is 0.305 e. The van der Waals surface area contributed by atoms with E-state index in [0.29, 0.717) is 24.3 Å². The second-order valence-corrected chi connectivity index (χ2v) is 9.85. The minimum absolute atomic E-state index is 0.0246. The molecule has 3 aromatic carbocycles. The summed E-state index contributed by atoms with van der Waals surface area (Å²) >= 11 is 0. The van der Waals surface area contributed by atoms with Crippen LogP contribution in [0.4, 0.5) is 5.69 Å². The number of aliphatic carboxylic acids is 1. The molecule has 0 radical (unpaired) electrons. The molecule has 1 heterocycles. The fourth-order valence-electron chi connectivity index (χ4n) is 4.88. The molecule has 3 aromatic rings. The molecule has 0 aliphatic carbocycles. The lowest BCUT2D eigenvalue weighted by atomic mass is 10.0. The summed E-state index contributed by atoms with van der Waals surface area (Å²) in [6.07, 6.45) is 4.41.